The van der Waals surface area contributed by atoms with E-state index in [0.29, 0.717) is 0 Å². The van der Waals surface area contributed by atoms with Gasteiger partial charge < -0.3 is 27.3 Å². The quantitative estimate of drug-likeness (QED) is 0.264. The first-order valence-corrected chi connectivity index (χ1v) is 7.51. The molecule has 0 spiro atoms. The van der Waals surface area contributed by atoms with Gasteiger partial charge in [0.25, 0.3) is 0 Å². The van der Waals surface area contributed by atoms with Crippen molar-refractivity contribution >= 4 is 31.2 Å². The Labute approximate surface area is 125 Å². The molecule has 14 nitrogen and oxygen atoms in total. The fourth-order valence-electron chi connectivity index (χ4n) is 0. The van der Waals surface area contributed by atoms with E-state index in [-0.39, 0.29) is 0 Å². The zero-order valence-electron chi connectivity index (χ0n) is 7.83. The van der Waals surface area contributed by atoms with E-state index in [0.717, 1.165) is 34.7 Å². The molecule has 0 N–H and O–H groups in total. The molecule has 0 aliphatic heterocycles. The molecule has 0 amide bonds. The SMILES string of the molecule is O=S(=O)([O-])[O-].O=S(=O)([O-])[O-].O=S(=O)([O-])[O-].[O]=[V+3].[O]=[V+3]. The maximum atomic E-state index is 8.52. The van der Waals surface area contributed by atoms with Gasteiger partial charge in [-0.05, 0) is 0 Å². The van der Waals surface area contributed by atoms with Crippen molar-refractivity contribution in [2.45, 2.75) is 0 Å². The van der Waals surface area contributed by atoms with Crippen LogP contribution in [0.4, 0.5) is 0 Å². The first kappa shape index (κ1) is 31.7. The Kier molecular flexibility index (Phi) is 27.4. The van der Waals surface area contributed by atoms with Crippen LogP contribution in [0, 0.1) is 0 Å². The molecule has 0 aliphatic rings. The van der Waals surface area contributed by atoms with Gasteiger partial charge in [-0.15, -0.1) is 0 Å². The van der Waals surface area contributed by atoms with Gasteiger partial charge in [0.1, 0.15) is 0 Å². The Morgan fingerprint density at radius 3 is 0.421 bits per heavy atom. The van der Waals surface area contributed by atoms with Crippen LogP contribution in [0.5, 0.6) is 0 Å². The Morgan fingerprint density at radius 1 is 0.421 bits per heavy atom. The number of hydrogen-bond acceptors (Lipinski definition) is 14. The predicted molar refractivity (Wildman–Crippen MR) is 32.8 cm³/mol. The van der Waals surface area contributed by atoms with Crippen LogP contribution in [0.15, 0.2) is 0 Å². The maximum absolute atomic E-state index is 8.52. The van der Waals surface area contributed by atoms with Gasteiger partial charge in [0.2, 0.25) is 0 Å². The van der Waals surface area contributed by atoms with Gasteiger partial charge in [-0.25, -0.2) is 0 Å². The molecule has 0 aromatic carbocycles. The van der Waals surface area contributed by atoms with Crippen LogP contribution < -0.4 is 0 Å². The van der Waals surface area contributed by atoms with Crippen LogP contribution in [0.3, 0.4) is 0 Å². The molecule has 0 aromatic rings. The van der Waals surface area contributed by atoms with Crippen molar-refractivity contribution in [3.05, 3.63) is 0 Å². The summed E-state index contributed by atoms with van der Waals surface area (Å²) in [7, 11) is -15.5. The second-order valence-electron chi connectivity index (χ2n) is 1.22. The van der Waals surface area contributed by atoms with E-state index in [2.05, 4.69) is 0 Å². The molecule has 19 heavy (non-hydrogen) atoms. The molecule has 0 unspecified atom stereocenters. The molecule has 0 fully saturated rings. The molecular formula is O14S3V2. The summed E-state index contributed by atoms with van der Waals surface area (Å²) in [6, 6.07) is 0. The molecule has 0 heterocycles. The van der Waals surface area contributed by atoms with Crippen LogP contribution in [-0.2, 0) is 73.3 Å². The van der Waals surface area contributed by atoms with Crippen molar-refractivity contribution in [1.82, 2.24) is 0 Å². The summed E-state index contributed by atoms with van der Waals surface area (Å²) >= 11 is 2.12. The number of rotatable bonds is 0. The first-order chi connectivity index (χ1) is 8.00. The number of hydrogen-bond donors (Lipinski definition) is 0. The molecular weight excluding hydrogens is 422 g/mol. The third-order valence-corrected chi connectivity index (χ3v) is 0. The van der Waals surface area contributed by atoms with Gasteiger partial charge in [0.05, 0.1) is 0 Å². The summed E-state index contributed by atoms with van der Waals surface area (Å²) < 4.78 is 119. The molecule has 0 aromatic heterocycles. The average Bonchev–Trinajstić information content (AvgIpc) is 2.01. The van der Waals surface area contributed by atoms with E-state index >= 15 is 0 Å². The van der Waals surface area contributed by atoms with E-state index in [4.69, 9.17) is 59.9 Å². The van der Waals surface area contributed by atoms with Gasteiger partial charge in [0.15, 0.2) is 0 Å². The van der Waals surface area contributed by atoms with E-state index in [1.54, 1.807) is 0 Å². The molecule has 0 bridgehead atoms. The normalized spacial score (nSPS) is 9.79. The third-order valence-electron chi connectivity index (χ3n) is 0. The molecule has 112 valence electrons. The average molecular weight is 422 g/mol. The summed E-state index contributed by atoms with van der Waals surface area (Å²) in [6.07, 6.45) is 0. The zero-order chi connectivity index (χ0) is 17.5. The summed E-state index contributed by atoms with van der Waals surface area (Å²) in [6.45, 7) is 0. The van der Waals surface area contributed by atoms with Gasteiger partial charge in [-0.2, -0.15) is 0 Å². The van der Waals surface area contributed by atoms with E-state index in [9.17, 15) is 0 Å². The first-order valence-electron chi connectivity index (χ1n) is 2.37. The monoisotopic (exact) mass is 422 g/mol. The fourth-order valence-corrected chi connectivity index (χ4v) is 0. The second kappa shape index (κ2) is 16.4. The van der Waals surface area contributed by atoms with E-state index in [1.807, 2.05) is 0 Å². The van der Waals surface area contributed by atoms with Gasteiger partial charge in [-0.3, -0.25) is 25.3 Å². The zero-order valence-corrected chi connectivity index (χ0v) is 13.1. The van der Waals surface area contributed by atoms with Gasteiger partial charge in [0, 0.05) is 31.2 Å². The third kappa shape index (κ3) is 34400. The molecule has 0 atom stereocenters. The van der Waals surface area contributed by atoms with Crippen molar-refractivity contribution in [3.63, 3.8) is 0 Å². The van der Waals surface area contributed by atoms with Crippen molar-refractivity contribution in [2.24, 2.45) is 0 Å². The van der Waals surface area contributed by atoms with Crippen molar-refractivity contribution in [3.8, 4) is 0 Å². The molecule has 0 saturated heterocycles. The Balaban J connectivity index is -0.0000000455. The molecule has 0 aliphatic carbocycles. The van der Waals surface area contributed by atoms with Crippen molar-refractivity contribution in [2.75, 3.05) is 0 Å². The van der Waals surface area contributed by atoms with Gasteiger partial charge >= 0.3 is 42.1 Å². The predicted octanol–water partition coefficient (Wildman–Crippen LogP) is -4.26. The van der Waals surface area contributed by atoms with Crippen LogP contribution in [0.2, 0.25) is 0 Å². The summed E-state index contributed by atoms with van der Waals surface area (Å²) in [5.74, 6) is 0. The van der Waals surface area contributed by atoms with E-state index < -0.39 is 31.2 Å². The standard InChI is InChI=1S/3H2O4S.2O.2V/c3*1-5(2,3)4;;;;/h3*(H2,1,2,3,4);;;;/q;;;;;2*+3/p-6. The molecule has 0 rings (SSSR count). The van der Waals surface area contributed by atoms with Gasteiger partial charge in [-0.1, -0.05) is 0 Å². The summed E-state index contributed by atoms with van der Waals surface area (Å²) in [5, 5.41) is 0. The Morgan fingerprint density at radius 2 is 0.421 bits per heavy atom. The summed E-state index contributed by atoms with van der Waals surface area (Å²) in [5.41, 5.74) is 0. The van der Waals surface area contributed by atoms with Crippen LogP contribution in [-0.4, -0.2) is 52.6 Å². The molecule has 0 saturated carbocycles. The summed E-state index contributed by atoms with van der Waals surface area (Å²) in [4.78, 5) is 0. The minimum atomic E-state index is -5.17. The fraction of sp³-hybridized carbons (Fsp3) is 0. The van der Waals surface area contributed by atoms with Crippen LogP contribution in [0.1, 0.15) is 0 Å². The second-order valence-corrected chi connectivity index (χ2v) is 3.67. The Bertz CT molecular complexity index is 367. The minimum absolute atomic E-state index is 1.06. The van der Waals surface area contributed by atoms with Crippen molar-refractivity contribution in [1.29, 1.82) is 0 Å². The van der Waals surface area contributed by atoms with Crippen LogP contribution >= 0.6 is 0 Å². The Hall–Kier alpha value is 0.379. The topological polar surface area (TPSA) is 275 Å². The molecule has 0 radical (unpaired) electrons. The molecule has 19 heteroatoms. The van der Waals surface area contributed by atoms with Crippen LogP contribution in [0.25, 0.3) is 0 Å². The van der Waals surface area contributed by atoms with Crippen molar-refractivity contribution < 1.29 is 94.7 Å². The van der Waals surface area contributed by atoms with E-state index in [1.165, 1.54) is 0 Å².